The van der Waals surface area contributed by atoms with Gasteiger partial charge in [-0.15, -0.1) is 0 Å². The number of hydrogen-bond acceptors (Lipinski definition) is 3. The smallest absolute Gasteiger partial charge is 0.245 e. The third-order valence-corrected chi connectivity index (χ3v) is 3.65. The highest BCUT2D eigenvalue weighted by molar-refractivity contribution is 5.87. The Hall–Kier alpha value is -1.10. The molecule has 19 heavy (non-hydrogen) atoms. The lowest BCUT2D eigenvalue weighted by Gasteiger charge is -2.40. The Bertz CT molecular complexity index is 314. The van der Waals surface area contributed by atoms with E-state index in [1.807, 2.05) is 18.7 Å². The van der Waals surface area contributed by atoms with E-state index in [2.05, 4.69) is 5.32 Å². The van der Waals surface area contributed by atoms with Crippen molar-refractivity contribution in [2.45, 2.75) is 58.5 Å². The molecule has 0 bridgehead atoms. The highest BCUT2D eigenvalue weighted by Crippen LogP contribution is 2.26. The third kappa shape index (κ3) is 4.49. The minimum absolute atomic E-state index is 0.0108. The third-order valence-electron chi connectivity index (χ3n) is 3.65. The van der Waals surface area contributed by atoms with E-state index in [-0.39, 0.29) is 30.4 Å². The molecule has 5 heteroatoms. The van der Waals surface area contributed by atoms with Gasteiger partial charge in [-0.25, -0.2) is 0 Å². The first-order chi connectivity index (χ1) is 8.97. The first kappa shape index (κ1) is 16.0. The number of nitrogens with one attached hydrogen (secondary N) is 1. The number of carbonyl (C=O) groups excluding carboxylic acids is 2. The van der Waals surface area contributed by atoms with Crippen LogP contribution >= 0.6 is 0 Å². The van der Waals surface area contributed by atoms with Crippen molar-refractivity contribution < 1.29 is 14.7 Å². The number of aliphatic hydroxyl groups is 1. The Kier molecular flexibility index (Phi) is 6.28. The maximum Gasteiger partial charge on any atom is 0.245 e. The highest BCUT2D eigenvalue weighted by Gasteiger charge is 2.34. The summed E-state index contributed by atoms with van der Waals surface area (Å²) in [6, 6.07) is -0.175. The molecule has 0 aromatic heterocycles. The lowest BCUT2D eigenvalue weighted by atomic mass is 9.90. The molecule has 1 fully saturated rings. The topological polar surface area (TPSA) is 69.6 Å². The molecule has 2 N–H and O–H groups in total. The summed E-state index contributed by atoms with van der Waals surface area (Å²) in [5.74, 6) is -0.126. The maximum atomic E-state index is 12.6. The van der Waals surface area contributed by atoms with E-state index in [0.717, 1.165) is 19.3 Å². The molecule has 1 rings (SSSR count). The van der Waals surface area contributed by atoms with Gasteiger partial charge in [0.25, 0.3) is 0 Å². The Morgan fingerprint density at radius 1 is 1.37 bits per heavy atom. The number of amides is 2. The molecule has 5 nitrogen and oxygen atoms in total. The standard InChI is InChI=1S/C14H26N2O3/c1-10(2)13(15-11(3)18)14(19)16(8-5-9-17)12-6-4-7-12/h10,12-13,17H,4-9H2,1-3H3,(H,15,18). The Balaban J connectivity index is 2.73. The van der Waals surface area contributed by atoms with E-state index in [1.165, 1.54) is 6.92 Å². The lowest BCUT2D eigenvalue weighted by Crippen LogP contribution is -2.55. The summed E-state index contributed by atoms with van der Waals surface area (Å²) < 4.78 is 0. The van der Waals surface area contributed by atoms with Gasteiger partial charge in [0.05, 0.1) is 0 Å². The Morgan fingerprint density at radius 2 is 2.00 bits per heavy atom. The second kappa shape index (κ2) is 7.48. The van der Waals surface area contributed by atoms with E-state index in [9.17, 15) is 9.59 Å². The van der Waals surface area contributed by atoms with Gasteiger partial charge in [0.1, 0.15) is 6.04 Å². The second-order valence-electron chi connectivity index (χ2n) is 5.62. The predicted octanol–water partition coefficient (Wildman–Crippen LogP) is 0.911. The maximum absolute atomic E-state index is 12.6. The zero-order valence-corrected chi connectivity index (χ0v) is 12.2. The van der Waals surface area contributed by atoms with Crippen LogP contribution in [0.15, 0.2) is 0 Å². The summed E-state index contributed by atoms with van der Waals surface area (Å²) >= 11 is 0. The number of nitrogens with zero attached hydrogens (tertiary/aromatic N) is 1. The van der Waals surface area contributed by atoms with E-state index in [1.54, 1.807) is 0 Å². The van der Waals surface area contributed by atoms with Crippen molar-refractivity contribution in [3.63, 3.8) is 0 Å². The molecule has 0 spiro atoms. The van der Waals surface area contributed by atoms with Gasteiger partial charge in [0.15, 0.2) is 0 Å². The van der Waals surface area contributed by atoms with Crippen molar-refractivity contribution >= 4 is 11.8 Å². The number of hydrogen-bond donors (Lipinski definition) is 2. The van der Waals surface area contributed by atoms with E-state index in [4.69, 9.17) is 5.11 Å². The molecule has 1 aliphatic rings. The summed E-state index contributed by atoms with van der Waals surface area (Å²) in [4.78, 5) is 25.7. The average molecular weight is 270 g/mol. The first-order valence-corrected chi connectivity index (χ1v) is 7.15. The Labute approximate surface area is 115 Å². The van der Waals surface area contributed by atoms with Crippen LogP contribution in [0.4, 0.5) is 0 Å². The van der Waals surface area contributed by atoms with Gasteiger partial charge in [-0.3, -0.25) is 9.59 Å². The fourth-order valence-corrected chi connectivity index (χ4v) is 2.32. The fraction of sp³-hybridized carbons (Fsp3) is 0.857. The van der Waals surface area contributed by atoms with Gasteiger partial charge in [0, 0.05) is 26.1 Å². The molecule has 1 aliphatic carbocycles. The molecular formula is C14H26N2O3. The SMILES string of the molecule is CC(=O)NC(C(=O)N(CCCO)C1CCC1)C(C)C. The van der Waals surface area contributed by atoms with Crippen LogP contribution in [-0.2, 0) is 9.59 Å². The summed E-state index contributed by atoms with van der Waals surface area (Å²) in [6.45, 7) is 5.96. The van der Waals surface area contributed by atoms with Crippen LogP contribution in [0.25, 0.3) is 0 Å². The number of rotatable bonds is 7. The monoisotopic (exact) mass is 270 g/mol. The van der Waals surface area contributed by atoms with E-state index < -0.39 is 6.04 Å². The van der Waals surface area contributed by atoms with E-state index in [0.29, 0.717) is 13.0 Å². The predicted molar refractivity (Wildman–Crippen MR) is 73.5 cm³/mol. The Morgan fingerprint density at radius 3 is 2.37 bits per heavy atom. The van der Waals surface area contributed by atoms with E-state index >= 15 is 0 Å². The van der Waals surface area contributed by atoms with Crippen LogP contribution in [0.2, 0.25) is 0 Å². The van der Waals surface area contributed by atoms with Gasteiger partial charge in [0.2, 0.25) is 11.8 Å². The van der Waals surface area contributed by atoms with Crippen LogP contribution in [0, 0.1) is 5.92 Å². The lowest BCUT2D eigenvalue weighted by molar-refractivity contribution is -0.141. The second-order valence-corrected chi connectivity index (χ2v) is 5.62. The molecule has 0 heterocycles. The van der Waals surface area contributed by atoms with Crippen LogP contribution in [-0.4, -0.2) is 47.1 Å². The van der Waals surface area contributed by atoms with Gasteiger partial charge < -0.3 is 15.3 Å². The van der Waals surface area contributed by atoms with Gasteiger partial charge in [-0.2, -0.15) is 0 Å². The first-order valence-electron chi connectivity index (χ1n) is 7.15. The molecule has 1 atom stereocenters. The van der Waals surface area contributed by atoms with Crippen LogP contribution in [0.3, 0.4) is 0 Å². The fourth-order valence-electron chi connectivity index (χ4n) is 2.32. The summed E-state index contributed by atoms with van der Waals surface area (Å²) in [7, 11) is 0. The van der Waals surface area contributed by atoms with Gasteiger partial charge in [-0.05, 0) is 31.6 Å². The van der Waals surface area contributed by atoms with Crippen molar-refractivity contribution in [3.8, 4) is 0 Å². The number of aliphatic hydroxyl groups excluding tert-OH is 1. The molecule has 1 saturated carbocycles. The van der Waals surface area contributed by atoms with Crippen LogP contribution < -0.4 is 5.32 Å². The van der Waals surface area contributed by atoms with Crippen molar-refractivity contribution in [2.24, 2.45) is 5.92 Å². The van der Waals surface area contributed by atoms with Crippen LogP contribution in [0.5, 0.6) is 0 Å². The molecule has 0 radical (unpaired) electrons. The average Bonchev–Trinajstić information content (AvgIpc) is 2.27. The molecule has 0 aromatic rings. The summed E-state index contributed by atoms with van der Waals surface area (Å²) in [6.07, 6.45) is 3.80. The molecule has 1 unspecified atom stereocenters. The largest absolute Gasteiger partial charge is 0.396 e. The zero-order valence-electron chi connectivity index (χ0n) is 12.2. The van der Waals surface area contributed by atoms with Gasteiger partial charge >= 0.3 is 0 Å². The summed E-state index contributed by atoms with van der Waals surface area (Å²) in [5.41, 5.74) is 0. The normalized spacial score (nSPS) is 16.9. The zero-order chi connectivity index (χ0) is 14.4. The molecule has 0 saturated heterocycles. The molecule has 110 valence electrons. The van der Waals surface area contributed by atoms with Crippen LogP contribution in [0.1, 0.15) is 46.5 Å². The molecular weight excluding hydrogens is 244 g/mol. The highest BCUT2D eigenvalue weighted by atomic mass is 16.3. The van der Waals surface area contributed by atoms with Crippen molar-refractivity contribution in [3.05, 3.63) is 0 Å². The molecule has 0 aromatic carbocycles. The molecule has 0 aliphatic heterocycles. The van der Waals surface area contributed by atoms with Crippen molar-refractivity contribution in [1.82, 2.24) is 10.2 Å². The minimum atomic E-state index is -0.461. The quantitative estimate of drug-likeness (QED) is 0.722. The minimum Gasteiger partial charge on any atom is -0.396 e. The number of carbonyl (C=O) groups is 2. The van der Waals surface area contributed by atoms with Gasteiger partial charge in [-0.1, -0.05) is 13.8 Å². The summed E-state index contributed by atoms with van der Waals surface area (Å²) in [5, 5.41) is 11.7. The molecule has 2 amide bonds. The van der Waals surface area contributed by atoms with Crippen molar-refractivity contribution in [2.75, 3.05) is 13.2 Å². The van der Waals surface area contributed by atoms with Crippen molar-refractivity contribution in [1.29, 1.82) is 0 Å².